The van der Waals surface area contributed by atoms with Crippen molar-refractivity contribution in [3.8, 4) is 33.8 Å². The third-order valence-electron chi connectivity index (χ3n) is 6.68. The Bertz CT molecular complexity index is 1820. The van der Waals surface area contributed by atoms with Crippen LogP contribution in [0.2, 0.25) is 0 Å². The second kappa shape index (κ2) is 10.1. The van der Waals surface area contributed by atoms with Gasteiger partial charge in [-0.15, -0.1) is 0 Å². The summed E-state index contributed by atoms with van der Waals surface area (Å²) in [5.74, 6) is -0.312. The molecule has 0 aliphatic rings. The number of carbonyl (C=O) groups excluding carboxylic acids is 1. The lowest BCUT2D eigenvalue weighted by Gasteiger charge is -2.07. The van der Waals surface area contributed by atoms with Crippen LogP contribution in [0.15, 0.2) is 67.4 Å². The van der Waals surface area contributed by atoms with Crippen LogP contribution in [0.25, 0.3) is 55.6 Å². The SMILES string of the molecule is CCCCC(=O)Nc1cncc(-c2cc3c(-c4cc5c(-c6cc(C)cc(F)c6)cncc5[nH]4)n[nH]c3cn2)c1. The van der Waals surface area contributed by atoms with Gasteiger partial charge in [-0.25, -0.2) is 4.39 Å². The number of unbranched alkanes of at least 4 members (excludes halogenated alkanes) is 1. The van der Waals surface area contributed by atoms with Crippen molar-refractivity contribution in [1.82, 2.24) is 30.1 Å². The van der Waals surface area contributed by atoms with Crippen molar-refractivity contribution in [2.75, 3.05) is 5.32 Å². The van der Waals surface area contributed by atoms with E-state index >= 15 is 0 Å². The van der Waals surface area contributed by atoms with Crippen molar-refractivity contribution >= 4 is 33.4 Å². The summed E-state index contributed by atoms with van der Waals surface area (Å²) < 4.78 is 14.2. The number of benzene rings is 1. The minimum atomic E-state index is -0.282. The molecule has 6 rings (SSSR count). The molecule has 0 fully saturated rings. The first-order valence-electron chi connectivity index (χ1n) is 12.8. The van der Waals surface area contributed by atoms with E-state index in [0.717, 1.165) is 68.3 Å². The zero-order valence-corrected chi connectivity index (χ0v) is 21.5. The van der Waals surface area contributed by atoms with Crippen molar-refractivity contribution in [3.63, 3.8) is 0 Å². The molecular formula is C30H26FN7O. The standard InChI is InChI=1S/C30H26FN7O/c1-3-4-5-29(39)35-21-9-19(12-32-13-21)25-11-23-28(16-34-25)37-38-30(23)26-10-22-24(14-33-15-27(22)36-26)18-6-17(2)7-20(31)8-18/h6-16,36H,3-5H2,1-2H3,(H,35,39)(H,37,38). The average molecular weight is 520 g/mol. The molecule has 194 valence electrons. The maximum Gasteiger partial charge on any atom is 0.224 e. The van der Waals surface area contributed by atoms with Crippen LogP contribution in [0.1, 0.15) is 31.7 Å². The number of rotatable bonds is 7. The predicted molar refractivity (Wildman–Crippen MR) is 150 cm³/mol. The van der Waals surface area contributed by atoms with Crippen molar-refractivity contribution in [2.45, 2.75) is 33.1 Å². The van der Waals surface area contributed by atoms with E-state index in [1.54, 1.807) is 31.0 Å². The summed E-state index contributed by atoms with van der Waals surface area (Å²) in [6, 6.07) is 10.8. The van der Waals surface area contributed by atoms with Gasteiger partial charge in [0.15, 0.2) is 0 Å². The number of H-pyrrole nitrogens is 2. The van der Waals surface area contributed by atoms with E-state index in [9.17, 15) is 9.18 Å². The lowest BCUT2D eigenvalue weighted by atomic mass is 10.0. The fourth-order valence-corrected chi connectivity index (χ4v) is 4.79. The Morgan fingerprint density at radius 2 is 1.79 bits per heavy atom. The van der Waals surface area contributed by atoms with Crippen LogP contribution in [-0.2, 0) is 4.79 Å². The number of amides is 1. The molecule has 9 heteroatoms. The molecule has 0 radical (unpaired) electrons. The molecule has 0 bridgehead atoms. The van der Waals surface area contributed by atoms with E-state index in [2.05, 4.69) is 42.4 Å². The lowest BCUT2D eigenvalue weighted by molar-refractivity contribution is -0.116. The monoisotopic (exact) mass is 519 g/mol. The van der Waals surface area contributed by atoms with Crippen molar-refractivity contribution in [1.29, 1.82) is 0 Å². The van der Waals surface area contributed by atoms with Crippen molar-refractivity contribution in [3.05, 3.63) is 78.8 Å². The maximum absolute atomic E-state index is 14.2. The van der Waals surface area contributed by atoms with E-state index < -0.39 is 0 Å². The number of nitrogens with one attached hydrogen (secondary N) is 3. The minimum absolute atomic E-state index is 0.0302. The zero-order valence-electron chi connectivity index (χ0n) is 21.5. The van der Waals surface area contributed by atoms with Gasteiger partial charge in [-0.3, -0.25) is 24.8 Å². The molecule has 5 aromatic heterocycles. The number of hydrogen-bond acceptors (Lipinski definition) is 5. The maximum atomic E-state index is 14.2. The van der Waals surface area contributed by atoms with Crippen LogP contribution in [0.5, 0.6) is 0 Å². The molecule has 0 saturated carbocycles. The van der Waals surface area contributed by atoms with Gasteiger partial charge in [-0.2, -0.15) is 5.10 Å². The van der Waals surface area contributed by atoms with E-state index in [1.807, 2.05) is 31.2 Å². The quantitative estimate of drug-likeness (QED) is 0.215. The highest BCUT2D eigenvalue weighted by atomic mass is 19.1. The fraction of sp³-hybridized carbons (Fsp3) is 0.167. The fourth-order valence-electron chi connectivity index (χ4n) is 4.79. The number of aryl methyl sites for hydroxylation is 1. The van der Waals surface area contributed by atoms with Crippen LogP contribution in [0, 0.1) is 12.7 Å². The summed E-state index contributed by atoms with van der Waals surface area (Å²) in [5.41, 5.74) is 7.69. The number of aromatic amines is 2. The number of hydrogen-bond donors (Lipinski definition) is 3. The minimum Gasteiger partial charge on any atom is -0.352 e. The van der Waals surface area contributed by atoms with Gasteiger partial charge in [-0.05, 0) is 54.8 Å². The van der Waals surface area contributed by atoms with Crippen LogP contribution in [0.3, 0.4) is 0 Å². The van der Waals surface area contributed by atoms with Crippen molar-refractivity contribution in [2.24, 2.45) is 0 Å². The summed E-state index contributed by atoms with van der Waals surface area (Å²) in [7, 11) is 0. The molecular weight excluding hydrogens is 493 g/mol. The molecule has 0 unspecified atom stereocenters. The first kappa shape index (κ1) is 24.4. The molecule has 0 atom stereocenters. The highest BCUT2D eigenvalue weighted by Crippen LogP contribution is 2.35. The summed E-state index contributed by atoms with van der Waals surface area (Å²) in [6.45, 7) is 3.92. The van der Waals surface area contributed by atoms with Gasteiger partial charge < -0.3 is 10.3 Å². The van der Waals surface area contributed by atoms with Crippen LogP contribution < -0.4 is 5.32 Å². The normalized spacial score (nSPS) is 11.4. The summed E-state index contributed by atoms with van der Waals surface area (Å²) in [4.78, 5) is 28.9. The Labute approximate surface area is 223 Å². The molecule has 3 N–H and O–H groups in total. The van der Waals surface area contributed by atoms with Gasteiger partial charge >= 0.3 is 0 Å². The average Bonchev–Trinajstić information content (AvgIpc) is 3.55. The third kappa shape index (κ3) is 4.86. The van der Waals surface area contributed by atoms with Crippen LogP contribution in [-0.4, -0.2) is 36.0 Å². The Hall–Kier alpha value is -4.92. The van der Waals surface area contributed by atoms with Crippen LogP contribution in [0.4, 0.5) is 10.1 Å². The number of pyridine rings is 3. The smallest absolute Gasteiger partial charge is 0.224 e. The molecule has 8 nitrogen and oxygen atoms in total. The number of halogens is 1. The van der Waals surface area contributed by atoms with Gasteiger partial charge in [0.2, 0.25) is 5.91 Å². The second-order valence-electron chi connectivity index (χ2n) is 9.65. The van der Waals surface area contributed by atoms with Gasteiger partial charge in [0.1, 0.15) is 11.5 Å². The van der Waals surface area contributed by atoms with Gasteiger partial charge in [0.05, 0.1) is 46.7 Å². The number of fused-ring (bicyclic) bond motifs is 2. The van der Waals surface area contributed by atoms with Gasteiger partial charge in [0.25, 0.3) is 0 Å². The van der Waals surface area contributed by atoms with E-state index in [4.69, 9.17) is 0 Å². The zero-order chi connectivity index (χ0) is 26.9. The first-order chi connectivity index (χ1) is 19.0. The number of anilines is 1. The predicted octanol–water partition coefficient (Wildman–Crippen LogP) is 6.81. The lowest BCUT2D eigenvalue weighted by Crippen LogP contribution is -2.11. The Morgan fingerprint density at radius 3 is 2.64 bits per heavy atom. The molecule has 1 aromatic carbocycles. The summed E-state index contributed by atoms with van der Waals surface area (Å²) >= 11 is 0. The molecule has 6 aromatic rings. The molecule has 1 amide bonds. The number of aromatic nitrogens is 6. The molecule has 0 aliphatic carbocycles. The Morgan fingerprint density at radius 1 is 0.923 bits per heavy atom. The highest BCUT2D eigenvalue weighted by molar-refractivity contribution is 6.01. The molecule has 0 spiro atoms. The number of nitrogens with zero attached hydrogens (tertiary/aromatic N) is 4. The van der Waals surface area contributed by atoms with Crippen LogP contribution >= 0.6 is 0 Å². The van der Waals surface area contributed by atoms with E-state index in [1.165, 1.54) is 12.1 Å². The van der Waals surface area contributed by atoms with E-state index in [0.29, 0.717) is 17.8 Å². The first-order valence-corrected chi connectivity index (χ1v) is 12.8. The number of carbonyl (C=O) groups is 1. The molecule has 0 saturated heterocycles. The molecule has 0 aliphatic heterocycles. The second-order valence-corrected chi connectivity index (χ2v) is 9.65. The van der Waals surface area contributed by atoms with E-state index in [-0.39, 0.29) is 11.7 Å². The molecule has 5 heterocycles. The Balaban J connectivity index is 1.38. The summed E-state index contributed by atoms with van der Waals surface area (Å²) in [6.07, 6.45) is 10.9. The van der Waals surface area contributed by atoms with Gasteiger partial charge in [0, 0.05) is 40.7 Å². The van der Waals surface area contributed by atoms with Gasteiger partial charge in [-0.1, -0.05) is 19.4 Å². The topological polar surface area (TPSA) is 112 Å². The summed E-state index contributed by atoms with van der Waals surface area (Å²) in [5, 5.41) is 12.3. The third-order valence-corrected chi connectivity index (χ3v) is 6.68. The largest absolute Gasteiger partial charge is 0.352 e. The van der Waals surface area contributed by atoms with Crippen molar-refractivity contribution < 1.29 is 9.18 Å². The Kier molecular flexibility index (Phi) is 6.32. The molecule has 39 heavy (non-hydrogen) atoms. The highest BCUT2D eigenvalue weighted by Gasteiger charge is 2.16.